The van der Waals surface area contributed by atoms with Crippen molar-refractivity contribution in [3.63, 3.8) is 0 Å². The van der Waals surface area contributed by atoms with Crippen LogP contribution in [0.1, 0.15) is 30.1 Å². The van der Waals surface area contributed by atoms with Crippen molar-refractivity contribution in [2.24, 2.45) is 0 Å². The highest BCUT2D eigenvalue weighted by molar-refractivity contribution is 6.06. The highest BCUT2D eigenvalue weighted by atomic mass is 16.7. The Hall–Kier alpha value is -2.86. The molecule has 0 atom stereocenters. The molecule has 2 aromatic carbocycles. The number of benzene rings is 2. The van der Waals surface area contributed by atoms with Gasteiger partial charge in [0.25, 0.3) is 5.79 Å². The van der Waals surface area contributed by atoms with Gasteiger partial charge in [0.05, 0.1) is 13.2 Å². The van der Waals surface area contributed by atoms with Gasteiger partial charge in [-0.3, -0.25) is 0 Å². The van der Waals surface area contributed by atoms with Crippen LogP contribution in [0.3, 0.4) is 0 Å². The van der Waals surface area contributed by atoms with Crippen LogP contribution in [0.25, 0.3) is 10.8 Å². The SMILES string of the molecule is C=C(C)C(=O)Oc1c2c(cc3ccccc13)OC1(CCOCC1)OC2=O. The number of hydrogen-bond donors (Lipinski definition) is 0. The normalized spacial score (nSPS) is 18.0. The molecule has 0 aromatic heterocycles. The van der Waals surface area contributed by atoms with Crippen molar-refractivity contribution in [1.82, 2.24) is 0 Å². The van der Waals surface area contributed by atoms with Gasteiger partial charge >= 0.3 is 11.9 Å². The first-order valence-electron chi connectivity index (χ1n) is 8.43. The number of rotatable bonds is 2. The molecule has 4 rings (SSSR count). The van der Waals surface area contributed by atoms with Crippen molar-refractivity contribution in [2.45, 2.75) is 25.6 Å². The van der Waals surface area contributed by atoms with Crippen molar-refractivity contribution in [3.05, 3.63) is 48.0 Å². The number of ether oxygens (including phenoxy) is 4. The number of hydrogen-bond acceptors (Lipinski definition) is 6. The summed E-state index contributed by atoms with van der Waals surface area (Å²) in [7, 11) is 0. The Morgan fingerprint density at radius 1 is 1.19 bits per heavy atom. The third kappa shape index (κ3) is 2.72. The molecule has 1 fully saturated rings. The molecule has 134 valence electrons. The minimum absolute atomic E-state index is 0.121. The average molecular weight is 354 g/mol. The fraction of sp³-hybridized carbons (Fsp3) is 0.300. The second-order valence-electron chi connectivity index (χ2n) is 6.48. The predicted octanol–water partition coefficient (Wildman–Crippen LogP) is 3.38. The maximum absolute atomic E-state index is 12.8. The van der Waals surface area contributed by atoms with Crippen LogP contribution < -0.4 is 9.47 Å². The van der Waals surface area contributed by atoms with Crippen LogP contribution in [0.15, 0.2) is 42.5 Å². The Bertz CT molecular complexity index is 923. The number of fused-ring (bicyclic) bond motifs is 2. The molecule has 0 aliphatic carbocycles. The zero-order chi connectivity index (χ0) is 18.3. The van der Waals surface area contributed by atoms with Gasteiger partial charge in [-0.25, -0.2) is 9.59 Å². The molecule has 0 bridgehead atoms. The summed E-state index contributed by atoms with van der Waals surface area (Å²) < 4.78 is 22.5. The fourth-order valence-electron chi connectivity index (χ4n) is 3.18. The summed E-state index contributed by atoms with van der Waals surface area (Å²) in [6, 6.07) is 9.10. The molecule has 2 aliphatic rings. The van der Waals surface area contributed by atoms with Crippen LogP contribution in [0.5, 0.6) is 11.5 Å². The van der Waals surface area contributed by atoms with E-state index >= 15 is 0 Å². The van der Waals surface area contributed by atoms with Crippen LogP contribution in [0.2, 0.25) is 0 Å². The smallest absolute Gasteiger partial charge is 0.349 e. The van der Waals surface area contributed by atoms with Crippen molar-refractivity contribution >= 4 is 22.7 Å². The van der Waals surface area contributed by atoms with Crippen LogP contribution in [0, 0.1) is 0 Å². The van der Waals surface area contributed by atoms with Gasteiger partial charge in [0.15, 0.2) is 5.75 Å². The van der Waals surface area contributed by atoms with E-state index in [4.69, 9.17) is 18.9 Å². The third-order valence-corrected chi connectivity index (χ3v) is 4.54. The average Bonchev–Trinajstić information content (AvgIpc) is 2.61. The monoisotopic (exact) mass is 354 g/mol. The van der Waals surface area contributed by atoms with E-state index in [1.807, 2.05) is 18.2 Å². The van der Waals surface area contributed by atoms with Crippen LogP contribution >= 0.6 is 0 Å². The molecule has 0 N–H and O–H groups in total. The van der Waals surface area contributed by atoms with Crippen LogP contribution in [-0.4, -0.2) is 30.9 Å². The summed E-state index contributed by atoms with van der Waals surface area (Å²) in [5.74, 6) is -1.71. The Balaban J connectivity index is 1.88. The fourth-order valence-corrected chi connectivity index (χ4v) is 3.18. The lowest BCUT2D eigenvalue weighted by molar-refractivity contribution is -0.197. The second-order valence-corrected chi connectivity index (χ2v) is 6.48. The lowest BCUT2D eigenvalue weighted by Crippen LogP contribution is -2.48. The van der Waals surface area contributed by atoms with E-state index in [0.29, 0.717) is 37.2 Å². The van der Waals surface area contributed by atoms with Gasteiger partial charge in [-0.1, -0.05) is 30.8 Å². The molecule has 1 saturated heterocycles. The lowest BCUT2D eigenvalue weighted by Gasteiger charge is -2.40. The highest BCUT2D eigenvalue weighted by Crippen LogP contribution is 2.44. The molecule has 2 aliphatic heterocycles. The zero-order valence-corrected chi connectivity index (χ0v) is 14.4. The van der Waals surface area contributed by atoms with E-state index < -0.39 is 17.7 Å². The molecule has 1 spiro atoms. The topological polar surface area (TPSA) is 71.1 Å². The van der Waals surface area contributed by atoms with Crippen molar-refractivity contribution < 1.29 is 28.5 Å². The molecule has 2 heterocycles. The summed E-state index contributed by atoms with van der Waals surface area (Å²) in [5, 5.41) is 1.43. The van der Waals surface area contributed by atoms with Gasteiger partial charge in [-0.2, -0.15) is 0 Å². The van der Waals surface area contributed by atoms with E-state index in [-0.39, 0.29) is 16.9 Å². The summed E-state index contributed by atoms with van der Waals surface area (Å²) in [5.41, 5.74) is 0.355. The maximum Gasteiger partial charge on any atom is 0.349 e. The zero-order valence-electron chi connectivity index (χ0n) is 14.4. The van der Waals surface area contributed by atoms with Crippen molar-refractivity contribution in [3.8, 4) is 11.5 Å². The Morgan fingerprint density at radius 2 is 1.92 bits per heavy atom. The van der Waals surface area contributed by atoms with E-state index in [0.717, 1.165) is 5.39 Å². The Morgan fingerprint density at radius 3 is 2.65 bits per heavy atom. The molecular formula is C20H18O6. The van der Waals surface area contributed by atoms with Crippen molar-refractivity contribution in [2.75, 3.05) is 13.2 Å². The van der Waals surface area contributed by atoms with Gasteiger partial charge in [0.1, 0.15) is 11.3 Å². The van der Waals surface area contributed by atoms with Crippen LogP contribution in [-0.2, 0) is 14.3 Å². The Kier molecular flexibility index (Phi) is 3.92. The Labute approximate surface area is 150 Å². The van der Waals surface area contributed by atoms with Gasteiger partial charge < -0.3 is 18.9 Å². The summed E-state index contributed by atoms with van der Waals surface area (Å²) >= 11 is 0. The molecule has 26 heavy (non-hydrogen) atoms. The molecule has 0 unspecified atom stereocenters. The molecule has 6 nitrogen and oxygen atoms in total. The summed E-state index contributed by atoms with van der Waals surface area (Å²) in [4.78, 5) is 24.9. The van der Waals surface area contributed by atoms with E-state index in [2.05, 4.69) is 6.58 Å². The van der Waals surface area contributed by atoms with E-state index in [1.165, 1.54) is 0 Å². The van der Waals surface area contributed by atoms with Gasteiger partial charge in [-0.05, 0) is 18.4 Å². The van der Waals surface area contributed by atoms with E-state index in [9.17, 15) is 9.59 Å². The van der Waals surface area contributed by atoms with Crippen LogP contribution in [0.4, 0.5) is 0 Å². The number of esters is 2. The minimum atomic E-state index is -1.03. The molecule has 6 heteroatoms. The van der Waals surface area contributed by atoms with Gasteiger partial charge in [0, 0.05) is 23.8 Å². The first-order chi connectivity index (χ1) is 12.5. The lowest BCUT2D eigenvalue weighted by atomic mass is 10.0. The molecule has 0 amide bonds. The molecule has 0 saturated carbocycles. The standard InChI is InChI=1S/C20H18O6/c1-12(2)18(21)24-17-14-6-4-3-5-13(14)11-15-16(17)19(22)26-20(25-15)7-9-23-10-8-20/h3-6,11H,1,7-10H2,2H3. The second kappa shape index (κ2) is 6.14. The van der Waals surface area contributed by atoms with Gasteiger partial charge in [-0.15, -0.1) is 0 Å². The molecular weight excluding hydrogens is 336 g/mol. The predicted molar refractivity (Wildman–Crippen MR) is 93.2 cm³/mol. The quantitative estimate of drug-likeness (QED) is 0.468. The van der Waals surface area contributed by atoms with E-state index in [1.54, 1.807) is 19.1 Å². The first kappa shape index (κ1) is 16.6. The largest absolute Gasteiger partial charge is 0.451 e. The molecule has 2 aromatic rings. The first-order valence-corrected chi connectivity index (χ1v) is 8.43. The highest BCUT2D eigenvalue weighted by Gasteiger charge is 2.45. The number of carbonyl (C=O) groups is 2. The van der Waals surface area contributed by atoms with Gasteiger partial charge in [0.2, 0.25) is 0 Å². The third-order valence-electron chi connectivity index (χ3n) is 4.54. The maximum atomic E-state index is 12.8. The molecule has 0 radical (unpaired) electrons. The summed E-state index contributed by atoms with van der Waals surface area (Å²) in [6.45, 7) is 6.05. The van der Waals surface area contributed by atoms with Crippen molar-refractivity contribution in [1.29, 1.82) is 0 Å². The minimum Gasteiger partial charge on any atom is -0.451 e. The summed E-state index contributed by atoms with van der Waals surface area (Å²) in [6.07, 6.45) is 0.901. The number of carbonyl (C=O) groups excluding carboxylic acids is 2.